The molecule has 1 aliphatic rings. The third kappa shape index (κ3) is 3.90. The number of nitrogens with zero attached hydrogens (tertiary/aromatic N) is 4. The largest absolute Gasteiger partial charge is 0.452 e. The van der Waals surface area contributed by atoms with Crippen molar-refractivity contribution in [1.29, 1.82) is 0 Å². The molecule has 0 saturated heterocycles. The van der Waals surface area contributed by atoms with Gasteiger partial charge in [0.25, 0.3) is 5.91 Å². The molecule has 2 amide bonds. The number of anilines is 2. The minimum absolute atomic E-state index is 0.151. The Labute approximate surface area is 172 Å². The first kappa shape index (κ1) is 19.3. The smallest absolute Gasteiger partial charge is 0.338 e. The van der Waals surface area contributed by atoms with Crippen molar-refractivity contribution in [2.24, 2.45) is 0 Å². The van der Waals surface area contributed by atoms with Crippen LogP contribution in [-0.4, -0.2) is 45.2 Å². The van der Waals surface area contributed by atoms with Crippen molar-refractivity contribution in [3.63, 3.8) is 0 Å². The number of aromatic nitrogens is 3. The Balaban J connectivity index is 1.45. The number of ether oxygens (including phenoxy) is 1. The average molecular weight is 405 g/mol. The minimum atomic E-state index is -0.613. The molecule has 9 heteroatoms. The number of amides is 2. The zero-order chi connectivity index (χ0) is 21.1. The van der Waals surface area contributed by atoms with E-state index in [4.69, 9.17) is 4.74 Å². The summed E-state index contributed by atoms with van der Waals surface area (Å²) < 4.78 is 6.80. The van der Waals surface area contributed by atoms with Crippen LogP contribution in [0.5, 0.6) is 0 Å². The van der Waals surface area contributed by atoms with Gasteiger partial charge in [0.1, 0.15) is 12.7 Å². The van der Waals surface area contributed by atoms with E-state index >= 15 is 0 Å². The third-order valence-corrected chi connectivity index (χ3v) is 4.74. The molecule has 0 saturated carbocycles. The number of rotatable bonds is 4. The van der Waals surface area contributed by atoms with Crippen molar-refractivity contribution < 1.29 is 19.1 Å². The van der Waals surface area contributed by atoms with E-state index in [-0.39, 0.29) is 18.4 Å². The lowest BCUT2D eigenvalue weighted by molar-refractivity contribution is -0.122. The SMILES string of the molecule is C[C@@H]1CC(=O)Nc2ccccc2N1C(=O)COC(=O)c1ccc(-n2cncn2)cc1. The number of hydrogen-bond donors (Lipinski definition) is 1. The second kappa shape index (κ2) is 8.16. The van der Waals surface area contributed by atoms with E-state index in [0.717, 1.165) is 5.69 Å². The Morgan fingerprint density at radius 2 is 1.93 bits per heavy atom. The van der Waals surface area contributed by atoms with E-state index in [1.165, 1.54) is 11.2 Å². The van der Waals surface area contributed by atoms with Crippen LogP contribution < -0.4 is 10.2 Å². The Kier molecular flexibility index (Phi) is 5.25. The highest BCUT2D eigenvalue weighted by Crippen LogP contribution is 2.31. The zero-order valence-corrected chi connectivity index (χ0v) is 16.2. The number of carbonyl (C=O) groups excluding carboxylic acids is 3. The fourth-order valence-electron chi connectivity index (χ4n) is 3.34. The lowest BCUT2D eigenvalue weighted by atomic mass is 10.1. The highest BCUT2D eigenvalue weighted by molar-refractivity contribution is 6.05. The van der Waals surface area contributed by atoms with E-state index in [2.05, 4.69) is 15.4 Å². The van der Waals surface area contributed by atoms with Crippen LogP contribution >= 0.6 is 0 Å². The molecule has 0 spiro atoms. The maximum absolute atomic E-state index is 12.9. The third-order valence-electron chi connectivity index (χ3n) is 4.74. The molecular weight excluding hydrogens is 386 g/mol. The Bertz CT molecular complexity index is 1080. The fourth-order valence-corrected chi connectivity index (χ4v) is 3.34. The molecule has 30 heavy (non-hydrogen) atoms. The Morgan fingerprint density at radius 1 is 1.17 bits per heavy atom. The van der Waals surface area contributed by atoms with Crippen LogP contribution in [0.4, 0.5) is 11.4 Å². The summed E-state index contributed by atoms with van der Waals surface area (Å²) in [6.07, 6.45) is 3.11. The van der Waals surface area contributed by atoms with Gasteiger partial charge >= 0.3 is 5.97 Å². The van der Waals surface area contributed by atoms with Gasteiger partial charge in [0.2, 0.25) is 5.91 Å². The van der Waals surface area contributed by atoms with E-state index in [9.17, 15) is 14.4 Å². The first-order chi connectivity index (χ1) is 14.5. The zero-order valence-electron chi connectivity index (χ0n) is 16.2. The lowest BCUT2D eigenvalue weighted by Crippen LogP contribution is -2.41. The van der Waals surface area contributed by atoms with Gasteiger partial charge in [-0.25, -0.2) is 14.5 Å². The molecule has 0 fully saturated rings. The van der Waals surface area contributed by atoms with Crippen LogP contribution in [0.15, 0.2) is 61.2 Å². The molecule has 1 aliphatic heterocycles. The van der Waals surface area contributed by atoms with Gasteiger partial charge in [0, 0.05) is 12.5 Å². The van der Waals surface area contributed by atoms with Gasteiger partial charge in [0.05, 0.1) is 22.6 Å². The Morgan fingerprint density at radius 3 is 2.67 bits per heavy atom. The maximum Gasteiger partial charge on any atom is 0.338 e. The summed E-state index contributed by atoms with van der Waals surface area (Å²) in [5.41, 5.74) is 2.18. The quantitative estimate of drug-likeness (QED) is 0.667. The number of benzene rings is 2. The summed E-state index contributed by atoms with van der Waals surface area (Å²) in [5, 5.41) is 6.81. The molecule has 9 nitrogen and oxygen atoms in total. The number of para-hydroxylation sites is 2. The summed E-state index contributed by atoms with van der Waals surface area (Å²) >= 11 is 0. The van der Waals surface area contributed by atoms with E-state index in [1.807, 2.05) is 0 Å². The van der Waals surface area contributed by atoms with Gasteiger partial charge in [-0.3, -0.25) is 9.59 Å². The lowest BCUT2D eigenvalue weighted by Gasteiger charge is -2.27. The van der Waals surface area contributed by atoms with Crippen LogP contribution in [0.3, 0.4) is 0 Å². The van der Waals surface area contributed by atoms with E-state index < -0.39 is 18.5 Å². The van der Waals surface area contributed by atoms with Gasteiger partial charge in [-0.1, -0.05) is 12.1 Å². The van der Waals surface area contributed by atoms with E-state index in [0.29, 0.717) is 16.9 Å². The van der Waals surface area contributed by atoms with Crippen LogP contribution in [0.25, 0.3) is 5.69 Å². The molecule has 1 aromatic heterocycles. The van der Waals surface area contributed by atoms with Gasteiger partial charge < -0.3 is 15.0 Å². The second-order valence-electron chi connectivity index (χ2n) is 6.85. The molecule has 2 aromatic carbocycles. The van der Waals surface area contributed by atoms with Crippen LogP contribution in [0.1, 0.15) is 23.7 Å². The van der Waals surface area contributed by atoms with Crippen molar-refractivity contribution in [3.05, 3.63) is 66.7 Å². The summed E-state index contributed by atoms with van der Waals surface area (Å²) in [5.74, 6) is -1.19. The van der Waals surface area contributed by atoms with Crippen LogP contribution in [0.2, 0.25) is 0 Å². The molecule has 0 radical (unpaired) electrons. The number of fused-ring (bicyclic) bond motifs is 1. The molecule has 1 atom stereocenters. The second-order valence-corrected chi connectivity index (χ2v) is 6.85. The summed E-state index contributed by atoms with van der Waals surface area (Å²) in [6.45, 7) is 1.35. The molecule has 0 bridgehead atoms. The van der Waals surface area contributed by atoms with Crippen molar-refractivity contribution in [2.45, 2.75) is 19.4 Å². The molecule has 0 unspecified atom stereocenters. The van der Waals surface area contributed by atoms with Gasteiger partial charge in [-0.2, -0.15) is 5.10 Å². The maximum atomic E-state index is 12.9. The predicted octanol–water partition coefficient (Wildman–Crippen LogP) is 2.19. The predicted molar refractivity (Wildman–Crippen MR) is 108 cm³/mol. The van der Waals surface area contributed by atoms with E-state index in [1.54, 1.807) is 66.5 Å². The molecule has 0 aliphatic carbocycles. The molecule has 3 aromatic rings. The molecular formula is C21H19N5O4. The molecule has 4 rings (SSSR count). The van der Waals surface area contributed by atoms with Gasteiger partial charge in [-0.15, -0.1) is 0 Å². The standard InChI is InChI=1S/C21H19N5O4/c1-14-10-19(27)24-17-4-2-3-5-18(17)26(14)20(28)11-30-21(29)15-6-8-16(9-7-15)25-13-22-12-23-25/h2-9,12-14H,10-11H2,1H3,(H,24,27)/t14-/m1/s1. The number of carbonyl (C=O) groups is 3. The normalized spacial score (nSPS) is 15.7. The summed E-state index contributed by atoms with van der Waals surface area (Å²) in [4.78, 5) is 42.7. The molecule has 2 heterocycles. The highest BCUT2D eigenvalue weighted by atomic mass is 16.5. The summed E-state index contributed by atoms with van der Waals surface area (Å²) in [7, 11) is 0. The first-order valence-corrected chi connectivity index (χ1v) is 9.36. The van der Waals surface area contributed by atoms with Crippen molar-refractivity contribution in [3.8, 4) is 5.69 Å². The first-order valence-electron chi connectivity index (χ1n) is 9.36. The minimum Gasteiger partial charge on any atom is -0.452 e. The van der Waals surface area contributed by atoms with Crippen LogP contribution in [0, 0.1) is 0 Å². The topological polar surface area (TPSA) is 106 Å². The number of nitrogens with one attached hydrogen (secondary N) is 1. The van der Waals surface area contributed by atoms with Crippen molar-refractivity contribution in [1.82, 2.24) is 14.8 Å². The fraction of sp³-hybridized carbons (Fsp3) is 0.190. The Hall–Kier alpha value is -4.01. The number of esters is 1. The van der Waals surface area contributed by atoms with Crippen molar-refractivity contribution in [2.75, 3.05) is 16.8 Å². The number of hydrogen-bond acceptors (Lipinski definition) is 6. The average Bonchev–Trinajstić information content (AvgIpc) is 3.24. The molecule has 152 valence electrons. The van der Waals surface area contributed by atoms with Crippen molar-refractivity contribution >= 4 is 29.2 Å². The van der Waals surface area contributed by atoms with Gasteiger partial charge in [-0.05, 0) is 43.3 Å². The van der Waals surface area contributed by atoms with Crippen LogP contribution in [-0.2, 0) is 14.3 Å². The summed E-state index contributed by atoms with van der Waals surface area (Å²) in [6, 6.07) is 13.3. The monoisotopic (exact) mass is 405 g/mol. The molecule has 1 N–H and O–H groups in total. The highest BCUT2D eigenvalue weighted by Gasteiger charge is 2.30. The van der Waals surface area contributed by atoms with Gasteiger partial charge in [0.15, 0.2) is 6.61 Å².